The van der Waals surface area contributed by atoms with Crippen LogP contribution in [-0.2, 0) is 4.74 Å². The molecule has 1 nitrogen and oxygen atoms in total. The molecule has 7 atom stereocenters. The van der Waals surface area contributed by atoms with Gasteiger partial charge in [0.25, 0.3) is 0 Å². The van der Waals surface area contributed by atoms with E-state index in [1.165, 1.54) is 0 Å². The van der Waals surface area contributed by atoms with E-state index in [9.17, 15) is 0 Å². The molecule has 4 rings (SSSR count). The van der Waals surface area contributed by atoms with Crippen LogP contribution in [0.5, 0.6) is 0 Å². The molecule has 0 radical (unpaired) electrons. The van der Waals surface area contributed by atoms with E-state index in [0.29, 0.717) is 0 Å². The van der Waals surface area contributed by atoms with Gasteiger partial charge in [0.15, 0.2) is 4.33 Å². The lowest BCUT2D eigenvalue weighted by Crippen LogP contribution is -2.48. The van der Waals surface area contributed by atoms with Gasteiger partial charge in [-0.25, -0.2) is 0 Å². The zero-order valence-corrected chi connectivity index (χ0v) is 17.3. The zero-order chi connectivity index (χ0) is 17.2. The van der Waals surface area contributed by atoms with E-state index < -0.39 is 14.1 Å². The van der Waals surface area contributed by atoms with Gasteiger partial charge in [0, 0.05) is 23.7 Å². The van der Waals surface area contributed by atoms with Crippen molar-refractivity contribution in [2.24, 2.45) is 23.7 Å². The number of halogens is 6. The van der Waals surface area contributed by atoms with Gasteiger partial charge >= 0.3 is 0 Å². The maximum atomic E-state index is 6.94. The number of fused-ring (bicyclic) bond motifs is 9. The highest BCUT2D eigenvalue weighted by Crippen LogP contribution is 2.81. The van der Waals surface area contributed by atoms with E-state index in [0.717, 1.165) is 0 Å². The Hall–Kier alpha value is 1.18. The molecule has 0 amide bonds. The molecular formula is C16H16Cl6O. The van der Waals surface area contributed by atoms with Crippen molar-refractivity contribution in [3.05, 3.63) is 22.2 Å². The van der Waals surface area contributed by atoms with Gasteiger partial charge in [-0.3, -0.25) is 0 Å². The summed E-state index contributed by atoms with van der Waals surface area (Å²) in [7, 11) is 0. The molecule has 23 heavy (non-hydrogen) atoms. The van der Waals surface area contributed by atoms with Crippen molar-refractivity contribution in [2.45, 2.75) is 46.6 Å². The summed E-state index contributed by atoms with van der Waals surface area (Å²) in [5.74, 6) is -0.0708. The predicted molar refractivity (Wildman–Crippen MR) is 98.1 cm³/mol. The Morgan fingerprint density at radius 1 is 0.870 bits per heavy atom. The fourth-order valence-corrected chi connectivity index (χ4v) is 8.12. The van der Waals surface area contributed by atoms with Gasteiger partial charge in [0.2, 0.25) is 0 Å². The van der Waals surface area contributed by atoms with Crippen LogP contribution in [0.1, 0.15) is 20.8 Å². The lowest BCUT2D eigenvalue weighted by atomic mass is 9.75. The highest BCUT2D eigenvalue weighted by Gasteiger charge is 2.86. The summed E-state index contributed by atoms with van der Waals surface area (Å²) in [5.41, 5.74) is -0.274. The SMILES string of the molecule is CC(C)(C)OC1[C@H]2C=C[C@@H]1[C@@H]1[C@H]2[C@]2(Cl)C(Cl)=C(Cl)[C@@]1(Cl)C2(Cl)Cl. The second-order valence-electron chi connectivity index (χ2n) is 7.91. The van der Waals surface area contributed by atoms with Crippen LogP contribution >= 0.6 is 69.6 Å². The largest absolute Gasteiger partial charge is 0.371 e. The van der Waals surface area contributed by atoms with Gasteiger partial charge in [-0.15, -0.1) is 23.2 Å². The highest BCUT2D eigenvalue weighted by atomic mass is 35.5. The number of ether oxygens (including phenoxy) is 1. The van der Waals surface area contributed by atoms with Crippen LogP contribution in [0.15, 0.2) is 22.2 Å². The normalized spacial score (nSPS) is 52.7. The van der Waals surface area contributed by atoms with Crippen LogP contribution in [0.25, 0.3) is 0 Å². The summed E-state index contributed by atoms with van der Waals surface area (Å²) in [5, 5.41) is 0.551. The molecule has 0 aromatic carbocycles. The fourth-order valence-electron chi connectivity index (χ4n) is 5.02. The molecule has 4 aliphatic rings. The molecule has 0 aromatic rings. The first kappa shape index (κ1) is 17.6. The van der Waals surface area contributed by atoms with E-state index in [4.69, 9.17) is 74.3 Å². The Kier molecular flexibility index (Phi) is 3.61. The quantitative estimate of drug-likeness (QED) is 0.275. The Bertz CT molecular complexity index is 605. The van der Waals surface area contributed by atoms with Crippen molar-refractivity contribution in [2.75, 3.05) is 0 Å². The third-order valence-electron chi connectivity index (χ3n) is 5.68. The van der Waals surface area contributed by atoms with Crippen molar-refractivity contribution in [3.63, 3.8) is 0 Å². The number of alkyl halides is 4. The topological polar surface area (TPSA) is 9.23 Å². The maximum Gasteiger partial charge on any atom is 0.166 e. The number of allylic oxidation sites excluding steroid dienone is 2. The van der Waals surface area contributed by atoms with Crippen molar-refractivity contribution in [1.29, 1.82) is 0 Å². The molecule has 7 heteroatoms. The Morgan fingerprint density at radius 2 is 1.26 bits per heavy atom. The Balaban J connectivity index is 1.85. The van der Waals surface area contributed by atoms with Gasteiger partial charge < -0.3 is 4.74 Å². The smallest absolute Gasteiger partial charge is 0.166 e. The third-order valence-corrected chi connectivity index (χ3v) is 9.98. The number of hydrogen-bond donors (Lipinski definition) is 0. The first-order chi connectivity index (χ1) is 10.4. The van der Waals surface area contributed by atoms with Crippen LogP contribution in [-0.4, -0.2) is 25.8 Å². The number of rotatable bonds is 1. The first-order valence-corrected chi connectivity index (χ1v) is 9.84. The van der Waals surface area contributed by atoms with E-state index in [1.54, 1.807) is 0 Å². The molecule has 128 valence electrons. The van der Waals surface area contributed by atoms with Crippen LogP contribution < -0.4 is 0 Å². The number of hydrogen-bond acceptors (Lipinski definition) is 1. The maximum absolute atomic E-state index is 6.94. The van der Waals surface area contributed by atoms with E-state index in [1.807, 2.05) is 20.8 Å². The minimum Gasteiger partial charge on any atom is -0.371 e. The monoisotopic (exact) mass is 434 g/mol. The molecule has 0 saturated heterocycles. The lowest BCUT2D eigenvalue weighted by molar-refractivity contribution is -0.0807. The second-order valence-corrected chi connectivity index (χ2v) is 11.2. The molecule has 0 N–H and O–H groups in total. The second kappa shape index (κ2) is 4.71. The van der Waals surface area contributed by atoms with E-state index >= 15 is 0 Å². The zero-order valence-electron chi connectivity index (χ0n) is 12.7. The molecule has 0 heterocycles. The summed E-state index contributed by atoms with van der Waals surface area (Å²) in [4.78, 5) is -2.38. The van der Waals surface area contributed by atoms with Gasteiger partial charge in [-0.05, 0) is 20.8 Å². The molecule has 0 aromatic heterocycles. The molecule has 2 saturated carbocycles. The average Bonchev–Trinajstić information content (AvgIpc) is 3.01. The molecule has 1 unspecified atom stereocenters. The lowest BCUT2D eigenvalue weighted by Gasteiger charge is -2.37. The molecule has 0 spiro atoms. The molecule has 4 aliphatic carbocycles. The highest BCUT2D eigenvalue weighted by molar-refractivity contribution is 6.65. The van der Waals surface area contributed by atoms with Crippen LogP contribution in [0.3, 0.4) is 0 Å². The van der Waals surface area contributed by atoms with Crippen LogP contribution in [0, 0.1) is 23.7 Å². The van der Waals surface area contributed by atoms with Gasteiger partial charge in [0.1, 0.15) is 9.75 Å². The molecule has 0 aliphatic heterocycles. The van der Waals surface area contributed by atoms with Gasteiger partial charge in [0.05, 0.1) is 21.8 Å². The van der Waals surface area contributed by atoms with Crippen molar-refractivity contribution >= 4 is 69.6 Å². The van der Waals surface area contributed by atoms with E-state index in [-0.39, 0.29) is 45.4 Å². The van der Waals surface area contributed by atoms with Crippen molar-refractivity contribution in [3.8, 4) is 0 Å². The summed E-state index contributed by atoms with van der Waals surface area (Å²) in [6.45, 7) is 6.11. The molecule has 2 fully saturated rings. The minimum absolute atomic E-state index is 0.0160. The summed E-state index contributed by atoms with van der Waals surface area (Å²) in [6, 6.07) is 0. The molecule has 4 bridgehead atoms. The third kappa shape index (κ3) is 1.75. The Morgan fingerprint density at radius 3 is 1.61 bits per heavy atom. The Labute approximate surface area is 166 Å². The minimum atomic E-state index is -1.46. The average molecular weight is 437 g/mol. The predicted octanol–water partition coefficient (Wildman–Crippen LogP) is 6.06. The summed E-state index contributed by atoms with van der Waals surface area (Å²) in [6.07, 6.45) is 4.25. The van der Waals surface area contributed by atoms with Crippen LogP contribution in [0.2, 0.25) is 0 Å². The van der Waals surface area contributed by atoms with Crippen molar-refractivity contribution < 1.29 is 4.74 Å². The van der Waals surface area contributed by atoms with Crippen LogP contribution in [0.4, 0.5) is 0 Å². The molecular weight excluding hydrogens is 421 g/mol. The van der Waals surface area contributed by atoms with Crippen molar-refractivity contribution in [1.82, 2.24) is 0 Å². The summed E-state index contributed by atoms with van der Waals surface area (Å²) >= 11 is 40.1. The van der Waals surface area contributed by atoms with Gasteiger partial charge in [-0.2, -0.15) is 0 Å². The first-order valence-electron chi connectivity index (χ1n) is 7.57. The fraction of sp³-hybridized carbons (Fsp3) is 0.750. The van der Waals surface area contributed by atoms with E-state index in [2.05, 4.69) is 12.2 Å². The standard InChI is InChI=1S/C16H16Cl6O/c1-13(2,3)23-10-6-4-5-7(10)9-8(6)14(19)11(17)12(18)15(9,20)16(14,21)22/h4-10H,1-3H3/t6-,7+,8-,9+,10?,14-,15+. The summed E-state index contributed by atoms with van der Waals surface area (Å²) < 4.78 is 4.85. The van der Waals surface area contributed by atoms with Gasteiger partial charge in [-0.1, -0.05) is 58.6 Å².